The Hall–Kier alpha value is -2.11. The average Bonchev–Trinajstić information content (AvgIpc) is 2.75. The van der Waals surface area contributed by atoms with Gasteiger partial charge in [0.15, 0.2) is 5.78 Å². The highest BCUT2D eigenvalue weighted by Crippen LogP contribution is 2.29. The van der Waals surface area contributed by atoms with E-state index in [1.165, 1.54) is 18.3 Å². The molecule has 3 nitrogen and oxygen atoms in total. The van der Waals surface area contributed by atoms with Crippen molar-refractivity contribution in [2.45, 2.75) is 19.5 Å². The van der Waals surface area contributed by atoms with Gasteiger partial charge < -0.3 is 4.52 Å². The number of hydrogen-bond acceptors (Lipinski definition) is 3. The SMILES string of the molecule is Cc1oncc1C(=O)Cc1ccc(C(F)(F)F)cc1. The van der Waals surface area contributed by atoms with E-state index in [9.17, 15) is 18.0 Å². The highest BCUT2D eigenvalue weighted by Gasteiger charge is 2.30. The highest BCUT2D eigenvalue weighted by molar-refractivity contribution is 5.98. The summed E-state index contributed by atoms with van der Waals surface area (Å²) in [5, 5.41) is 3.49. The van der Waals surface area contributed by atoms with E-state index in [0.29, 0.717) is 16.9 Å². The van der Waals surface area contributed by atoms with E-state index >= 15 is 0 Å². The van der Waals surface area contributed by atoms with Gasteiger partial charge in [0.25, 0.3) is 0 Å². The van der Waals surface area contributed by atoms with Crippen LogP contribution in [-0.4, -0.2) is 10.9 Å². The van der Waals surface area contributed by atoms with E-state index in [4.69, 9.17) is 4.52 Å². The van der Waals surface area contributed by atoms with Crippen molar-refractivity contribution in [2.24, 2.45) is 0 Å². The number of Topliss-reactive ketones (excluding diaryl/α,β-unsaturated/α-hetero) is 1. The summed E-state index contributed by atoms with van der Waals surface area (Å²) in [6.45, 7) is 1.60. The molecule has 0 spiro atoms. The first-order chi connectivity index (χ1) is 8.88. The van der Waals surface area contributed by atoms with Crippen molar-refractivity contribution in [3.8, 4) is 0 Å². The molecule has 2 rings (SSSR count). The maximum Gasteiger partial charge on any atom is 0.416 e. The molecule has 0 saturated heterocycles. The number of hydrogen-bond donors (Lipinski definition) is 0. The maximum absolute atomic E-state index is 12.4. The molecule has 0 radical (unpaired) electrons. The zero-order chi connectivity index (χ0) is 14.0. The molecule has 19 heavy (non-hydrogen) atoms. The van der Waals surface area contributed by atoms with E-state index in [0.717, 1.165) is 12.1 Å². The Morgan fingerprint density at radius 2 is 1.89 bits per heavy atom. The summed E-state index contributed by atoms with van der Waals surface area (Å²) in [6, 6.07) is 4.51. The monoisotopic (exact) mass is 269 g/mol. The summed E-state index contributed by atoms with van der Waals surface area (Å²) in [5.74, 6) is 0.162. The lowest BCUT2D eigenvalue weighted by Gasteiger charge is -2.07. The molecule has 0 amide bonds. The minimum atomic E-state index is -4.37. The van der Waals surface area contributed by atoms with Crippen LogP contribution in [0, 0.1) is 6.92 Å². The van der Waals surface area contributed by atoms with Crippen molar-refractivity contribution in [1.29, 1.82) is 0 Å². The van der Waals surface area contributed by atoms with E-state index in [2.05, 4.69) is 5.16 Å². The largest absolute Gasteiger partial charge is 0.416 e. The first-order valence-electron chi connectivity index (χ1n) is 5.48. The zero-order valence-electron chi connectivity index (χ0n) is 9.99. The summed E-state index contributed by atoms with van der Waals surface area (Å²) in [5.41, 5.74) is 0.128. The number of alkyl halides is 3. The van der Waals surface area contributed by atoms with Crippen LogP contribution in [0.15, 0.2) is 35.0 Å². The second kappa shape index (κ2) is 4.87. The van der Waals surface area contributed by atoms with Gasteiger partial charge in [-0.25, -0.2) is 0 Å². The van der Waals surface area contributed by atoms with Crippen molar-refractivity contribution >= 4 is 5.78 Å². The summed E-state index contributed by atoms with van der Waals surface area (Å²) in [7, 11) is 0. The predicted molar refractivity (Wildman–Crippen MR) is 60.7 cm³/mol. The van der Waals surface area contributed by atoms with Crippen molar-refractivity contribution < 1.29 is 22.5 Å². The van der Waals surface area contributed by atoms with Crippen LogP contribution in [0.3, 0.4) is 0 Å². The molecule has 0 fully saturated rings. The molecule has 0 bridgehead atoms. The Labute approximate surface area is 107 Å². The Morgan fingerprint density at radius 1 is 1.26 bits per heavy atom. The number of aryl methyl sites for hydroxylation is 1. The first-order valence-corrected chi connectivity index (χ1v) is 5.48. The van der Waals surface area contributed by atoms with E-state index in [-0.39, 0.29) is 12.2 Å². The smallest absolute Gasteiger partial charge is 0.361 e. The number of nitrogens with zero attached hydrogens (tertiary/aromatic N) is 1. The van der Waals surface area contributed by atoms with Crippen molar-refractivity contribution in [3.05, 3.63) is 52.9 Å². The third kappa shape index (κ3) is 3.01. The number of benzene rings is 1. The molecule has 1 aromatic carbocycles. The lowest BCUT2D eigenvalue weighted by atomic mass is 10.0. The van der Waals surface area contributed by atoms with Crippen LogP contribution in [0.5, 0.6) is 0 Å². The van der Waals surface area contributed by atoms with Crippen LogP contribution >= 0.6 is 0 Å². The molecule has 0 unspecified atom stereocenters. The number of halogens is 3. The third-order valence-corrected chi connectivity index (χ3v) is 2.70. The van der Waals surface area contributed by atoms with Crippen LogP contribution in [-0.2, 0) is 12.6 Å². The van der Waals surface area contributed by atoms with E-state index < -0.39 is 11.7 Å². The van der Waals surface area contributed by atoms with Gasteiger partial charge in [-0.15, -0.1) is 0 Å². The average molecular weight is 269 g/mol. The standard InChI is InChI=1S/C13H10F3NO2/c1-8-11(7-17-19-8)12(18)6-9-2-4-10(5-3-9)13(14,15)16/h2-5,7H,6H2,1H3. The van der Waals surface area contributed by atoms with Crippen molar-refractivity contribution in [2.75, 3.05) is 0 Å². The minimum absolute atomic E-state index is 0.0141. The Bertz CT molecular complexity index is 585. The van der Waals surface area contributed by atoms with Crippen LogP contribution in [0.25, 0.3) is 0 Å². The highest BCUT2D eigenvalue weighted by atomic mass is 19.4. The molecular weight excluding hydrogens is 259 g/mol. The van der Waals surface area contributed by atoms with Gasteiger partial charge in [0.1, 0.15) is 5.76 Å². The lowest BCUT2D eigenvalue weighted by molar-refractivity contribution is -0.137. The lowest BCUT2D eigenvalue weighted by Crippen LogP contribution is -2.06. The van der Waals surface area contributed by atoms with Gasteiger partial charge >= 0.3 is 6.18 Å². The molecule has 0 aliphatic carbocycles. The van der Waals surface area contributed by atoms with Gasteiger partial charge in [-0.3, -0.25) is 4.79 Å². The number of carbonyl (C=O) groups excluding carboxylic acids is 1. The summed E-state index contributed by atoms with van der Waals surface area (Å²) >= 11 is 0. The topological polar surface area (TPSA) is 43.1 Å². The molecule has 0 aliphatic heterocycles. The molecule has 0 atom stereocenters. The summed E-state index contributed by atoms with van der Waals surface area (Å²) < 4.78 is 41.9. The Morgan fingerprint density at radius 3 is 2.37 bits per heavy atom. The molecule has 0 aliphatic rings. The summed E-state index contributed by atoms with van der Waals surface area (Å²) in [6.07, 6.45) is -3.05. The molecule has 0 N–H and O–H groups in total. The van der Waals surface area contributed by atoms with Gasteiger partial charge in [-0.1, -0.05) is 17.3 Å². The maximum atomic E-state index is 12.4. The quantitative estimate of drug-likeness (QED) is 0.802. The zero-order valence-corrected chi connectivity index (χ0v) is 9.99. The molecule has 6 heteroatoms. The fourth-order valence-electron chi connectivity index (χ4n) is 1.66. The van der Waals surface area contributed by atoms with E-state index in [1.807, 2.05) is 0 Å². The van der Waals surface area contributed by atoms with E-state index in [1.54, 1.807) is 6.92 Å². The second-order valence-corrected chi connectivity index (χ2v) is 4.09. The van der Waals surface area contributed by atoms with Crippen molar-refractivity contribution in [1.82, 2.24) is 5.16 Å². The van der Waals surface area contributed by atoms with Gasteiger partial charge in [0.05, 0.1) is 17.3 Å². The molecule has 1 aromatic heterocycles. The van der Waals surface area contributed by atoms with Gasteiger partial charge in [-0.2, -0.15) is 13.2 Å². The van der Waals surface area contributed by atoms with Gasteiger partial charge in [-0.05, 0) is 24.6 Å². The number of carbonyl (C=O) groups is 1. The minimum Gasteiger partial charge on any atom is -0.361 e. The second-order valence-electron chi connectivity index (χ2n) is 4.09. The van der Waals surface area contributed by atoms with Crippen LogP contribution in [0.4, 0.5) is 13.2 Å². The molecular formula is C13H10F3NO2. The molecule has 1 heterocycles. The number of rotatable bonds is 3. The number of aromatic nitrogens is 1. The third-order valence-electron chi connectivity index (χ3n) is 2.70. The fraction of sp³-hybridized carbons (Fsp3) is 0.231. The molecule has 100 valence electrons. The predicted octanol–water partition coefficient (Wildman–Crippen LogP) is 3.43. The Balaban J connectivity index is 2.12. The Kier molecular flexibility index (Phi) is 3.42. The molecule has 0 saturated carbocycles. The van der Waals surface area contributed by atoms with Crippen LogP contribution < -0.4 is 0 Å². The van der Waals surface area contributed by atoms with Crippen molar-refractivity contribution in [3.63, 3.8) is 0 Å². The molecule has 2 aromatic rings. The van der Waals surface area contributed by atoms with Crippen LogP contribution in [0.2, 0.25) is 0 Å². The van der Waals surface area contributed by atoms with Crippen LogP contribution in [0.1, 0.15) is 27.2 Å². The normalized spacial score (nSPS) is 11.6. The fourth-order valence-corrected chi connectivity index (χ4v) is 1.66. The van der Waals surface area contributed by atoms with Gasteiger partial charge in [0.2, 0.25) is 0 Å². The van der Waals surface area contributed by atoms with Gasteiger partial charge in [0, 0.05) is 6.42 Å². The first kappa shape index (κ1) is 13.3. The number of ketones is 1. The summed E-state index contributed by atoms with van der Waals surface area (Å²) in [4.78, 5) is 11.9.